The van der Waals surface area contributed by atoms with E-state index >= 15 is 0 Å². The third kappa shape index (κ3) is 2.18. The van der Waals surface area contributed by atoms with E-state index in [1.165, 1.54) is 11.1 Å². The first kappa shape index (κ1) is 11.5. The Bertz CT molecular complexity index is 701. The highest BCUT2D eigenvalue weighted by Gasteiger charge is 2.04. The predicted octanol–water partition coefficient (Wildman–Crippen LogP) is 4.00. The molecule has 0 aliphatic heterocycles. The lowest BCUT2D eigenvalue weighted by molar-refractivity contribution is 0.959. The fourth-order valence-electron chi connectivity index (χ4n) is 2.13. The maximum Gasteiger partial charge on any atom is 0.117 e. The molecule has 0 aliphatic rings. The molecule has 0 amide bonds. The summed E-state index contributed by atoms with van der Waals surface area (Å²) in [6.45, 7) is 2.10. The summed E-state index contributed by atoms with van der Waals surface area (Å²) < 4.78 is 3.25. The summed E-state index contributed by atoms with van der Waals surface area (Å²) in [5.74, 6) is 1.07. The minimum atomic E-state index is 0.844. The predicted molar refractivity (Wildman–Crippen MR) is 76.9 cm³/mol. The first-order chi connectivity index (χ1) is 8.72. The van der Waals surface area contributed by atoms with Gasteiger partial charge in [0.1, 0.15) is 5.82 Å². The van der Waals surface area contributed by atoms with Gasteiger partial charge in [0, 0.05) is 17.1 Å². The van der Waals surface area contributed by atoms with Crippen molar-refractivity contribution in [2.45, 2.75) is 13.3 Å². The normalized spacial score (nSPS) is 11.0. The van der Waals surface area contributed by atoms with Crippen molar-refractivity contribution < 1.29 is 0 Å². The van der Waals surface area contributed by atoms with Crippen molar-refractivity contribution in [1.82, 2.24) is 9.38 Å². The zero-order chi connectivity index (χ0) is 12.5. The Hall–Kier alpha value is -1.61. The molecule has 3 aromatic rings. The van der Waals surface area contributed by atoms with Crippen molar-refractivity contribution >= 4 is 21.4 Å². The second-order valence-corrected chi connectivity index (χ2v) is 5.40. The fraction of sp³-hybridized carbons (Fsp3) is 0.133. The Kier molecular flexibility index (Phi) is 2.92. The van der Waals surface area contributed by atoms with Crippen molar-refractivity contribution in [3.05, 3.63) is 70.2 Å². The van der Waals surface area contributed by atoms with Gasteiger partial charge in [-0.3, -0.25) is 0 Å². The number of pyridine rings is 1. The number of nitrogens with zero attached hydrogens (tertiary/aromatic N) is 2. The summed E-state index contributed by atoms with van der Waals surface area (Å²) in [6, 6.07) is 12.6. The van der Waals surface area contributed by atoms with Gasteiger partial charge in [-0.15, -0.1) is 0 Å². The van der Waals surface area contributed by atoms with Crippen LogP contribution in [0, 0.1) is 6.92 Å². The van der Waals surface area contributed by atoms with Crippen LogP contribution in [-0.4, -0.2) is 9.38 Å². The minimum absolute atomic E-state index is 0.844. The Morgan fingerprint density at radius 3 is 2.94 bits per heavy atom. The van der Waals surface area contributed by atoms with E-state index in [9.17, 15) is 0 Å². The molecule has 0 radical (unpaired) electrons. The van der Waals surface area contributed by atoms with E-state index in [2.05, 4.69) is 68.8 Å². The topological polar surface area (TPSA) is 17.3 Å². The van der Waals surface area contributed by atoms with Gasteiger partial charge in [-0.05, 0) is 42.3 Å². The summed E-state index contributed by atoms with van der Waals surface area (Å²) in [6.07, 6.45) is 4.86. The zero-order valence-corrected chi connectivity index (χ0v) is 11.7. The number of halogens is 1. The summed E-state index contributed by atoms with van der Waals surface area (Å²) >= 11 is 3.50. The number of aromatic nitrogens is 2. The molecule has 0 saturated heterocycles. The molecule has 90 valence electrons. The van der Waals surface area contributed by atoms with Crippen LogP contribution in [0.25, 0.3) is 5.52 Å². The molecule has 0 aliphatic carbocycles. The van der Waals surface area contributed by atoms with Crippen molar-refractivity contribution in [2.75, 3.05) is 0 Å². The van der Waals surface area contributed by atoms with Crippen LogP contribution >= 0.6 is 15.9 Å². The molecule has 2 aromatic heterocycles. The molecule has 0 atom stereocenters. The first-order valence-electron chi connectivity index (χ1n) is 5.89. The standard InChI is InChI=1S/C15H13BrN2/c1-11-5-6-18-14(7-11)10-17-15(18)9-12-3-2-4-13(16)8-12/h2-8,10H,9H2,1H3. The van der Waals surface area contributed by atoms with Crippen molar-refractivity contribution in [3.8, 4) is 0 Å². The van der Waals surface area contributed by atoms with Crippen LogP contribution in [0.5, 0.6) is 0 Å². The summed E-state index contributed by atoms with van der Waals surface area (Å²) in [5, 5.41) is 0. The number of imidazole rings is 1. The molecule has 3 heteroatoms. The van der Waals surface area contributed by atoms with Gasteiger partial charge in [0.15, 0.2) is 0 Å². The Morgan fingerprint density at radius 2 is 2.11 bits per heavy atom. The van der Waals surface area contributed by atoms with Crippen LogP contribution in [0.1, 0.15) is 17.0 Å². The lowest BCUT2D eigenvalue weighted by atomic mass is 10.1. The van der Waals surface area contributed by atoms with Crippen molar-refractivity contribution in [3.63, 3.8) is 0 Å². The van der Waals surface area contributed by atoms with Gasteiger partial charge < -0.3 is 4.40 Å². The Labute approximate surface area is 114 Å². The molecule has 1 aromatic carbocycles. The van der Waals surface area contributed by atoms with Gasteiger partial charge in [0.05, 0.1) is 11.7 Å². The molecule has 0 unspecified atom stereocenters. The van der Waals surface area contributed by atoms with Gasteiger partial charge in [-0.1, -0.05) is 28.1 Å². The molecule has 0 spiro atoms. The van der Waals surface area contributed by atoms with E-state index < -0.39 is 0 Å². The summed E-state index contributed by atoms with van der Waals surface area (Å²) in [7, 11) is 0. The highest BCUT2D eigenvalue weighted by Crippen LogP contribution is 2.16. The Balaban J connectivity index is 2.00. The number of rotatable bonds is 2. The third-order valence-electron chi connectivity index (χ3n) is 3.02. The Morgan fingerprint density at radius 1 is 1.22 bits per heavy atom. The van der Waals surface area contributed by atoms with Gasteiger partial charge in [0.25, 0.3) is 0 Å². The third-order valence-corrected chi connectivity index (χ3v) is 3.51. The van der Waals surface area contributed by atoms with Gasteiger partial charge in [0.2, 0.25) is 0 Å². The van der Waals surface area contributed by atoms with E-state index in [0.29, 0.717) is 0 Å². The van der Waals surface area contributed by atoms with E-state index in [-0.39, 0.29) is 0 Å². The fourth-order valence-corrected chi connectivity index (χ4v) is 2.57. The molecule has 3 rings (SSSR count). The number of fused-ring (bicyclic) bond motifs is 1. The molecule has 0 fully saturated rings. The zero-order valence-electron chi connectivity index (χ0n) is 10.1. The molecular weight excluding hydrogens is 288 g/mol. The number of benzene rings is 1. The van der Waals surface area contributed by atoms with Gasteiger partial charge in [-0.2, -0.15) is 0 Å². The highest BCUT2D eigenvalue weighted by molar-refractivity contribution is 9.10. The van der Waals surface area contributed by atoms with Crippen LogP contribution in [-0.2, 0) is 6.42 Å². The lowest BCUT2D eigenvalue weighted by Gasteiger charge is -2.03. The smallest absolute Gasteiger partial charge is 0.117 e. The SMILES string of the molecule is Cc1ccn2c(Cc3cccc(Br)c3)ncc2c1. The second-order valence-electron chi connectivity index (χ2n) is 4.48. The number of hydrogen-bond acceptors (Lipinski definition) is 1. The van der Waals surface area contributed by atoms with E-state index in [0.717, 1.165) is 22.2 Å². The van der Waals surface area contributed by atoms with Crippen molar-refractivity contribution in [2.24, 2.45) is 0 Å². The molecule has 18 heavy (non-hydrogen) atoms. The highest BCUT2D eigenvalue weighted by atomic mass is 79.9. The lowest BCUT2D eigenvalue weighted by Crippen LogP contribution is -1.96. The first-order valence-corrected chi connectivity index (χ1v) is 6.69. The van der Waals surface area contributed by atoms with E-state index in [4.69, 9.17) is 0 Å². The quantitative estimate of drug-likeness (QED) is 0.699. The van der Waals surface area contributed by atoms with E-state index in [1.54, 1.807) is 0 Å². The maximum absolute atomic E-state index is 4.51. The molecule has 0 bridgehead atoms. The minimum Gasteiger partial charge on any atom is -0.303 e. The van der Waals surface area contributed by atoms with Crippen LogP contribution in [0.4, 0.5) is 0 Å². The average molecular weight is 301 g/mol. The largest absolute Gasteiger partial charge is 0.303 e. The number of hydrogen-bond donors (Lipinski definition) is 0. The molecule has 2 heterocycles. The maximum atomic E-state index is 4.51. The molecular formula is C15H13BrN2. The van der Waals surface area contributed by atoms with Crippen LogP contribution < -0.4 is 0 Å². The summed E-state index contributed by atoms with van der Waals surface area (Å²) in [4.78, 5) is 4.51. The van der Waals surface area contributed by atoms with Gasteiger partial charge >= 0.3 is 0 Å². The van der Waals surface area contributed by atoms with Crippen LogP contribution in [0.2, 0.25) is 0 Å². The van der Waals surface area contributed by atoms with Crippen LogP contribution in [0.15, 0.2) is 53.3 Å². The van der Waals surface area contributed by atoms with E-state index in [1.807, 2.05) is 12.3 Å². The molecule has 0 N–H and O–H groups in total. The van der Waals surface area contributed by atoms with Crippen LogP contribution in [0.3, 0.4) is 0 Å². The second kappa shape index (κ2) is 4.58. The van der Waals surface area contributed by atoms with Gasteiger partial charge in [-0.25, -0.2) is 4.98 Å². The average Bonchev–Trinajstić information content (AvgIpc) is 2.72. The summed E-state index contributed by atoms with van der Waals surface area (Å²) in [5.41, 5.74) is 3.67. The molecule has 2 nitrogen and oxygen atoms in total. The monoisotopic (exact) mass is 300 g/mol. The van der Waals surface area contributed by atoms with Crippen molar-refractivity contribution in [1.29, 1.82) is 0 Å². The molecule has 0 saturated carbocycles. The number of aryl methyl sites for hydroxylation is 1.